The highest BCUT2D eigenvalue weighted by Crippen LogP contribution is 2.30. The van der Waals surface area contributed by atoms with Crippen LogP contribution >= 0.6 is 27.5 Å². The second kappa shape index (κ2) is 6.78. The van der Waals surface area contributed by atoms with Gasteiger partial charge in [0.1, 0.15) is 5.75 Å². The number of hydrogen-bond acceptors (Lipinski definition) is 2. The third-order valence-electron chi connectivity index (χ3n) is 3.26. The van der Waals surface area contributed by atoms with E-state index in [4.69, 9.17) is 21.1 Å². The van der Waals surface area contributed by atoms with Gasteiger partial charge in [0, 0.05) is 23.2 Å². The Labute approximate surface area is 122 Å². The second-order valence-electron chi connectivity index (χ2n) is 4.71. The van der Waals surface area contributed by atoms with Gasteiger partial charge in [-0.2, -0.15) is 0 Å². The van der Waals surface area contributed by atoms with Crippen molar-refractivity contribution in [2.45, 2.75) is 25.6 Å². The molecule has 1 aromatic rings. The molecule has 0 N–H and O–H groups in total. The van der Waals surface area contributed by atoms with Gasteiger partial charge in [-0.05, 0) is 43.4 Å². The molecule has 0 aromatic heterocycles. The monoisotopic (exact) mass is 332 g/mol. The van der Waals surface area contributed by atoms with Crippen LogP contribution in [0.2, 0.25) is 0 Å². The first-order valence-corrected chi connectivity index (χ1v) is 7.59. The first kappa shape index (κ1) is 14.2. The fourth-order valence-electron chi connectivity index (χ4n) is 2.22. The molecular weight excluding hydrogens is 316 g/mol. The number of ether oxygens (including phenoxy) is 2. The van der Waals surface area contributed by atoms with Gasteiger partial charge in [-0.25, -0.2) is 0 Å². The molecule has 4 heteroatoms. The predicted octanol–water partition coefficient (Wildman–Crippen LogP) is 4.30. The van der Waals surface area contributed by atoms with Crippen molar-refractivity contribution in [3.8, 4) is 5.75 Å². The Balaban J connectivity index is 2.03. The number of halogens is 2. The molecule has 2 nitrogen and oxygen atoms in total. The van der Waals surface area contributed by atoms with Crippen LogP contribution in [0, 0.1) is 12.8 Å². The van der Waals surface area contributed by atoms with E-state index >= 15 is 0 Å². The lowest BCUT2D eigenvalue weighted by molar-refractivity contribution is 0.0495. The topological polar surface area (TPSA) is 18.5 Å². The lowest BCUT2D eigenvalue weighted by Gasteiger charge is -2.23. The summed E-state index contributed by atoms with van der Waals surface area (Å²) in [5.41, 5.74) is 2.18. The minimum Gasteiger partial charge on any atom is -0.493 e. The van der Waals surface area contributed by atoms with Crippen molar-refractivity contribution in [3.05, 3.63) is 27.7 Å². The van der Waals surface area contributed by atoms with Crippen molar-refractivity contribution < 1.29 is 9.47 Å². The van der Waals surface area contributed by atoms with Crippen LogP contribution < -0.4 is 4.74 Å². The third-order valence-corrected chi connectivity index (χ3v) is 4.01. The van der Waals surface area contributed by atoms with Crippen LogP contribution in [-0.4, -0.2) is 19.8 Å². The first-order valence-electron chi connectivity index (χ1n) is 6.26. The summed E-state index contributed by atoms with van der Waals surface area (Å²) in [5, 5.41) is 0. The van der Waals surface area contributed by atoms with Gasteiger partial charge in [0.05, 0.1) is 12.5 Å². The Hall–Kier alpha value is -0.250. The van der Waals surface area contributed by atoms with Crippen molar-refractivity contribution in [2.75, 3.05) is 19.8 Å². The molecule has 18 heavy (non-hydrogen) atoms. The van der Waals surface area contributed by atoms with E-state index in [1.54, 1.807) is 0 Å². The summed E-state index contributed by atoms with van der Waals surface area (Å²) in [6.07, 6.45) is 2.18. The highest BCUT2D eigenvalue weighted by Gasteiger charge is 2.16. The fourth-order valence-corrected chi connectivity index (χ4v) is 3.04. The van der Waals surface area contributed by atoms with E-state index in [9.17, 15) is 0 Å². The molecule has 1 aromatic carbocycles. The molecule has 0 aliphatic carbocycles. The molecule has 0 atom stereocenters. The zero-order valence-corrected chi connectivity index (χ0v) is 12.9. The van der Waals surface area contributed by atoms with E-state index in [0.29, 0.717) is 11.8 Å². The molecule has 0 saturated carbocycles. The summed E-state index contributed by atoms with van der Waals surface area (Å²) < 4.78 is 12.4. The van der Waals surface area contributed by atoms with Gasteiger partial charge in [0.15, 0.2) is 0 Å². The van der Waals surface area contributed by atoms with Gasteiger partial charge in [-0.15, -0.1) is 11.6 Å². The molecule has 100 valence electrons. The number of benzene rings is 1. The lowest BCUT2D eigenvalue weighted by Crippen LogP contribution is -2.21. The van der Waals surface area contributed by atoms with Gasteiger partial charge in [0.2, 0.25) is 0 Å². The Bertz CT molecular complexity index is 403. The van der Waals surface area contributed by atoms with E-state index in [0.717, 1.165) is 54.0 Å². The normalized spacial score (nSPS) is 16.8. The summed E-state index contributed by atoms with van der Waals surface area (Å²) in [6.45, 7) is 4.53. The SMILES string of the molecule is Cc1cc(Br)cc(CCl)c1OCC1CCOCC1. The lowest BCUT2D eigenvalue weighted by atomic mass is 10.0. The molecule has 1 fully saturated rings. The maximum Gasteiger partial charge on any atom is 0.126 e. The maximum atomic E-state index is 5.99. The van der Waals surface area contributed by atoms with Gasteiger partial charge in [0.25, 0.3) is 0 Å². The standard InChI is InChI=1S/C14H18BrClO2/c1-10-6-13(15)7-12(8-16)14(10)18-9-11-2-4-17-5-3-11/h6-7,11H,2-5,8-9H2,1H3. The molecule has 0 radical (unpaired) electrons. The van der Waals surface area contributed by atoms with E-state index < -0.39 is 0 Å². The summed E-state index contributed by atoms with van der Waals surface area (Å²) in [6, 6.07) is 4.09. The molecule has 2 rings (SSSR count). The molecule has 0 spiro atoms. The van der Waals surface area contributed by atoms with Gasteiger partial charge >= 0.3 is 0 Å². The minimum absolute atomic E-state index is 0.476. The third kappa shape index (κ3) is 3.62. The van der Waals surface area contributed by atoms with Crippen LogP contribution in [-0.2, 0) is 10.6 Å². The summed E-state index contributed by atoms with van der Waals surface area (Å²) in [7, 11) is 0. The van der Waals surface area contributed by atoms with Gasteiger partial charge in [-0.1, -0.05) is 15.9 Å². The number of alkyl halides is 1. The van der Waals surface area contributed by atoms with Crippen LogP contribution in [0.5, 0.6) is 5.75 Å². The molecule has 0 unspecified atom stereocenters. The number of hydrogen-bond donors (Lipinski definition) is 0. The van der Waals surface area contributed by atoms with Crippen LogP contribution in [0.4, 0.5) is 0 Å². The zero-order valence-electron chi connectivity index (χ0n) is 10.5. The Kier molecular flexibility index (Phi) is 5.34. The van der Waals surface area contributed by atoms with Gasteiger partial charge < -0.3 is 9.47 Å². The number of rotatable bonds is 4. The van der Waals surface area contributed by atoms with Crippen molar-refractivity contribution in [1.29, 1.82) is 0 Å². The summed E-state index contributed by atoms with van der Waals surface area (Å²) in [4.78, 5) is 0. The summed E-state index contributed by atoms with van der Waals surface area (Å²) >= 11 is 9.46. The van der Waals surface area contributed by atoms with Crippen LogP contribution in [0.1, 0.15) is 24.0 Å². The molecule has 1 heterocycles. The predicted molar refractivity (Wildman–Crippen MR) is 77.5 cm³/mol. The highest BCUT2D eigenvalue weighted by atomic mass is 79.9. The quantitative estimate of drug-likeness (QED) is 0.765. The second-order valence-corrected chi connectivity index (χ2v) is 5.89. The smallest absolute Gasteiger partial charge is 0.126 e. The van der Waals surface area contributed by atoms with Crippen molar-refractivity contribution in [2.24, 2.45) is 5.92 Å². The van der Waals surface area contributed by atoms with E-state index in [-0.39, 0.29) is 0 Å². The van der Waals surface area contributed by atoms with Crippen LogP contribution in [0.15, 0.2) is 16.6 Å². The molecule has 1 aliphatic rings. The zero-order chi connectivity index (χ0) is 13.0. The summed E-state index contributed by atoms with van der Waals surface area (Å²) in [5.74, 6) is 2.02. The maximum absolute atomic E-state index is 5.99. The van der Waals surface area contributed by atoms with Crippen molar-refractivity contribution >= 4 is 27.5 Å². The molecular formula is C14H18BrClO2. The van der Waals surface area contributed by atoms with Crippen LogP contribution in [0.3, 0.4) is 0 Å². The van der Waals surface area contributed by atoms with E-state index in [1.165, 1.54) is 0 Å². The molecule has 0 bridgehead atoms. The van der Waals surface area contributed by atoms with Crippen molar-refractivity contribution in [3.63, 3.8) is 0 Å². The first-order chi connectivity index (χ1) is 8.70. The average molecular weight is 334 g/mol. The minimum atomic E-state index is 0.476. The fraction of sp³-hybridized carbons (Fsp3) is 0.571. The highest BCUT2D eigenvalue weighted by molar-refractivity contribution is 9.10. The van der Waals surface area contributed by atoms with Crippen LogP contribution in [0.25, 0.3) is 0 Å². The molecule has 0 amide bonds. The van der Waals surface area contributed by atoms with Crippen molar-refractivity contribution in [1.82, 2.24) is 0 Å². The number of aryl methyl sites for hydroxylation is 1. The van der Waals surface area contributed by atoms with Gasteiger partial charge in [-0.3, -0.25) is 0 Å². The molecule has 1 aliphatic heterocycles. The Morgan fingerprint density at radius 2 is 2.11 bits per heavy atom. The Morgan fingerprint density at radius 3 is 2.78 bits per heavy atom. The molecule has 1 saturated heterocycles. The van der Waals surface area contributed by atoms with E-state index in [2.05, 4.69) is 28.9 Å². The Morgan fingerprint density at radius 1 is 1.39 bits per heavy atom. The average Bonchev–Trinajstić information content (AvgIpc) is 2.38. The van der Waals surface area contributed by atoms with E-state index in [1.807, 2.05) is 6.07 Å². The largest absolute Gasteiger partial charge is 0.493 e.